The minimum absolute atomic E-state index is 0.133. The zero-order chi connectivity index (χ0) is 17.1. The van der Waals surface area contributed by atoms with E-state index in [1.807, 2.05) is 0 Å². The molecule has 124 valence electrons. The quantitative estimate of drug-likeness (QED) is 0.678. The van der Waals surface area contributed by atoms with Crippen LogP contribution in [0.4, 0.5) is 17.6 Å². The van der Waals surface area contributed by atoms with Crippen molar-refractivity contribution in [2.45, 2.75) is 31.1 Å². The van der Waals surface area contributed by atoms with Gasteiger partial charge >= 0.3 is 5.92 Å². The van der Waals surface area contributed by atoms with Crippen molar-refractivity contribution in [3.05, 3.63) is 47.8 Å². The highest BCUT2D eigenvalue weighted by Crippen LogP contribution is 2.55. The molecule has 3 aromatic rings. The Hall–Kier alpha value is -2.51. The Kier molecular flexibility index (Phi) is 2.98. The van der Waals surface area contributed by atoms with Gasteiger partial charge in [0.1, 0.15) is 0 Å². The number of fused-ring (bicyclic) bond motifs is 1. The predicted molar refractivity (Wildman–Crippen MR) is 78.1 cm³/mol. The molecule has 2 aromatic heterocycles. The van der Waals surface area contributed by atoms with Gasteiger partial charge in [-0.25, -0.2) is 8.78 Å². The molecule has 4 rings (SSSR count). The Labute approximate surface area is 134 Å². The lowest BCUT2D eigenvalue weighted by atomic mass is 10.1. The number of aromatic nitrogens is 4. The second-order valence-corrected chi connectivity index (χ2v) is 6.04. The van der Waals surface area contributed by atoms with Gasteiger partial charge in [-0.1, -0.05) is 24.3 Å². The molecule has 0 aliphatic heterocycles. The average molecular weight is 336 g/mol. The van der Waals surface area contributed by atoms with Gasteiger partial charge < -0.3 is 0 Å². The maximum absolute atomic E-state index is 13.5. The molecule has 8 heteroatoms. The number of rotatable bonds is 3. The third-order valence-electron chi connectivity index (χ3n) is 4.09. The first-order chi connectivity index (χ1) is 11.3. The molecule has 1 aromatic carbocycles. The summed E-state index contributed by atoms with van der Waals surface area (Å²) in [4.78, 5) is 0. The predicted octanol–water partition coefficient (Wildman–Crippen LogP) is 4.03. The Balaban J connectivity index is 1.71. The molecule has 4 nitrogen and oxygen atoms in total. The molecule has 1 aliphatic rings. The van der Waals surface area contributed by atoms with Crippen LogP contribution in [-0.2, 0) is 5.92 Å². The van der Waals surface area contributed by atoms with Crippen molar-refractivity contribution in [1.29, 1.82) is 0 Å². The first-order valence-corrected chi connectivity index (χ1v) is 7.35. The molecular formula is C16H12F4N4. The third kappa shape index (κ3) is 2.42. The highest BCUT2D eigenvalue weighted by Gasteiger charge is 2.57. The molecular weight excluding hydrogens is 324 g/mol. The Bertz CT molecular complexity index is 912. The van der Waals surface area contributed by atoms with Crippen LogP contribution in [0.1, 0.15) is 30.7 Å². The van der Waals surface area contributed by atoms with Crippen molar-refractivity contribution in [3.63, 3.8) is 0 Å². The summed E-state index contributed by atoms with van der Waals surface area (Å²) in [6, 6.07) is 9.72. The fourth-order valence-electron chi connectivity index (χ4n) is 2.68. The van der Waals surface area contributed by atoms with E-state index < -0.39 is 23.6 Å². The van der Waals surface area contributed by atoms with Crippen molar-refractivity contribution in [2.24, 2.45) is 0 Å². The molecule has 2 heterocycles. The Morgan fingerprint density at radius 1 is 1.08 bits per heavy atom. The zero-order valence-corrected chi connectivity index (χ0v) is 12.5. The maximum atomic E-state index is 13.5. The normalized spacial score (nSPS) is 19.6. The van der Waals surface area contributed by atoms with E-state index in [9.17, 15) is 17.6 Å². The Morgan fingerprint density at radius 2 is 1.75 bits per heavy atom. The fourth-order valence-corrected chi connectivity index (χ4v) is 2.68. The molecule has 0 spiro atoms. The van der Waals surface area contributed by atoms with Crippen LogP contribution < -0.4 is 0 Å². The molecule has 0 bridgehead atoms. The van der Waals surface area contributed by atoms with E-state index in [0.29, 0.717) is 16.8 Å². The van der Waals surface area contributed by atoms with Crippen LogP contribution in [0.3, 0.4) is 0 Å². The SMILES string of the molecule is CC(F)(F)c1nnc2ccc(-c3ccc([C@H]4CC4(F)F)cc3)nn12. The summed E-state index contributed by atoms with van der Waals surface area (Å²) in [7, 11) is 0. The summed E-state index contributed by atoms with van der Waals surface area (Å²) in [6.45, 7) is 0.725. The summed E-state index contributed by atoms with van der Waals surface area (Å²) in [5, 5.41) is 11.3. The molecule has 0 amide bonds. The van der Waals surface area contributed by atoms with Crippen molar-refractivity contribution in [2.75, 3.05) is 0 Å². The van der Waals surface area contributed by atoms with Crippen LogP contribution in [0.25, 0.3) is 16.9 Å². The first kappa shape index (κ1) is 15.0. The van der Waals surface area contributed by atoms with E-state index in [0.717, 1.165) is 11.4 Å². The molecule has 1 atom stereocenters. The molecule has 1 aliphatic carbocycles. The molecule has 24 heavy (non-hydrogen) atoms. The van der Waals surface area contributed by atoms with Gasteiger partial charge in [0, 0.05) is 18.9 Å². The van der Waals surface area contributed by atoms with Gasteiger partial charge in [-0.3, -0.25) is 0 Å². The number of nitrogens with zero attached hydrogens (tertiary/aromatic N) is 4. The lowest BCUT2D eigenvalue weighted by molar-refractivity contribution is 0.00563. The van der Waals surface area contributed by atoms with Gasteiger partial charge in [0.15, 0.2) is 5.65 Å². The van der Waals surface area contributed by atoms with Crippen LogP contribution in [-0.4, -0.2) is 25.7 Å². The molecule has 0 saturated heterocycles. The van der Waals surface area contributed by atoms with E-state index in [-0.39, 0.29) is 12.1 Å². The van der Waals surface area contributed by atoms with E-state index in [1.54, 1.807) is 30.3 Å². The van der Waals surface area contributed by atoms with Gasteiger partial charge in [-0.05, 0) is 17.7 Å². The lowest BCUT2D eigenvalue weighted by Crippen LogP contribution is -2.14. The van der Waals surface area contributed by atoms with E-state index >= 15 is 0 Å². The largest absolute Gasteiger partial charge is 0.305 e. The topological polar surface area (TPSA) is 43.1 Å². The maximum Gasteiger partial charge on any atom is 0.305 e. The van der Waals surface area contributed by atoms with E-state index in [1.165, 1.54) is 6.07 Å². The summed E-state index contributed by atoms with van der Waals surface area (Å²) >= 11 is 0. The molecule has 1 fully saturated rings. The molecule has 0 unspecified atom stereocenters. The van der Waals surface area contributed by atoms with Gasteiger partial charge in [-0.2, -0.15) is 18.4 Å². The second-order valence-electron chi connectivity index (χ2n) is 6.04. The number of hydrogen-bond donors (Lipinski definition) is 0. The van der Waals surface area contributed by atoms with Crippen LogP contribution in [0, 0.1) is 0 Å². The first-order valence-electron chi connectivity index (χ1n) is 7.35. The van der Waals surface area contributed by atoms with Gasteiger partial charge in [-0.15, -0.1) is 10.2 Å². The summed E-state index contributed by atoms with van der Waals surface area (Å²) in [5.41, 5.74) is 1.85. The fraction of sp³-hybridized carbons (Fsp3) is 0.312. The minimum atomic E-state index is -3.17. The van der Waals surface area contributed by atoms with Crippen LogP contribution in [0.2, 0.25) is 0 Å². The van der Waals surface area contributed by atoms with Crippen molar-refractivity contribution < 1.29 is 17.6 Å². The number of halogens is 4. The van der Waals surface area contributed by atoms with Crippen molar-refractivity contribution >= 4 is 5.65 Å². The number of alkyl halides is 4. The molecule has 1 saturated carbocycles. The van der Waals surface area contributed by atoms with Crippen LogP contribution in [0.15, 0.2) is 36.4 Å². The summed E-state index contributed by atoms with van der Waals surface area (Å²) in [6.07, 6.45) is -0.133. The van der Waals surface area contributed by atoms with Crippen molar-refractivity contribution in [1.82, 2.24) is 19.8 Å². The third-order valence-corrected chi connectivity index (χ3v) is 4.09. The average Bonchev–Trinajstić information content (AvgIpc) is 2.96. The monoisotopic (exact) mass is 336 g/mol. The number of benzene rings is 1. The zero-order valence-electron chi connectivity index (χ0n) is 12.5. The summed E-state index contributed by atoms with van der Waals surface area (Å²) < 4.78 is 54.3. The summed E-state index contributed by atoms with van der Waals surface area (Å²) in [5.74, 6) is -7.08. The lowest BCUT2D eigenvalue weighted by Gasteiger charge is -2.08. The molecule has 0 N–H and O–H groups in total. The smallest absolute Gasteiger partial charge is 0.206 e. The molecule has 0 radical (unpaired) electrons. The van der Waals surface area contributed by atoms with Crippen LogP contribution in [0.5, 0.6) is 0 Å². The van der Waals surface area contributed by atoms with E-state index in [4.69, 9.17) is 0 Å². The van der Waals surface area contributed by atoms with Crippen LogP contribution >= 0.6 is 0 Å². The van der Waals surface area contributed by atoms with E-state index in [2.05, 4.69) is 15.3 Å². The van der Waals surface area contributed by atoms with Gasteiger partial charge in [0.05, 0.1) is 11.6 Å². The van der Waals surface area contributed by atoms with Gasteiger partial charge in [0.25, 0.3) is 5.92 Å². The highest BCUT2D eigenvalue weighted by molar-refractivity contribution is 5.61. The van der Waals surface area contributed by atoms with Gasteiger partial charge in [0.2, 0.25) is 5.82 Å². The minimum Gasteiger partial charge on any atom is -0.206 e. The Morgan fingerprint density at radius 3 is 2.33 bits per heavy atom. The number of hydrogen-bond acceptors (Lipinski definition) is 3. The van der Waals surface area contributed by atoms with Crippen molar-refractivity contribution in [3.8, 4) is 11.3 Å². The second kappa shape index (κ2) is 4.75. The standard InChI is InChI=1S/C16H12F4N4/c1-15(17,18)14-22-21-13-7-6-12(23-24(13)14)10-4-2-9(3-5-10)11-8-16(11,19)20/h2-7,11H,8H2,1H3/t11-/m1/s1. The highest BCUT2D eigenvalue weighted by atomic mass is 19.3.